The van der Waals surface area contributed by atoms with E-state index in [0.29, 0.717) is 32.0 Å². The van der Waals surface area contributed by atoms with E-state index in [2.05, 4.69) is 22.3 Å². The smallest absolute Gasteiger partial charge is 0.295 e. The molecule has 2 aromatic carbocycles. The van der Waals surface area contributed by atoms with Gasteiger partial charge in [-0.2, -0.15) is 4.98 Å². The first-order valence-electron chi connectivity index (χ1n) is 11.4. The number of aromatic nitrogens is 2. The molecule has 8 heteroatoms. The number of benzene rings is 2. The van der Waals surface area contributed by atoms with Crippen LogP contribution in [0.25, 0.3) is 0 Å². The first kappa shape index (κ1) is 21.3. The number of carbonyl (C=O) groups is 2. The van der Waals surface area contributed by atoms with Gasteiger partial charge in [0.2, 0.25) is 11.8 Å². The molecule has 2 aliphatic rings. The molecule has 170 valence electrons. The van der Waals surface area contributed by atoms with Crippen LogP contribution in [-0.2, 0) is 11.3 Å². The van der Waals surface area contributed by atoms with E-state index in [1.807, 2.05) is 53.4 Å². The van der Waals surface area contributed by atoms with Crippen molar-refractivity contribution in [3.8, 4) is 0 Å². The molecule has 5 rings (SSSR count). The predicted octanol–water partition coefficient (Wildman–Crippen LogP) is 2.54. The zero-order valence-corrected chi connectivity index (χ0v) is 18.3. The van der Waals surface area contributed by atoms with Crippen molar-refractivity contribution in [3.63, 3.8) is 0 Å². The molecule has 0 saturated carbocycles. The lowest BCUT2D eigenvalue weighted by molar-refractivity contribution is -0.134. The molecule has 2 aliphatic heterocycles. The van der Waals surface area contributed by atoms with E-state index in [1.54, 1.807) is 4.90 Å². The number of nitrogens with zero attached hydrogens (tertiary/aromatic N) is 4. The first-order valence-corrected chi connectivity index (χ1v) is 11.4. The van der Waals surface area contributed by atoms with Gasteiger partial charge in [-0.05, 0) is 24.0 Å². The summed E-state index contributed by atoms with van der Waals surface area (Å²) in [5, 5.41) is 3.79. The van der Waals surface area contributed by atoms with Gasteiger partial charge in [0.1, 0.15) is 6.04 Å². The lowest BCUT2D eigenvalue weighted by Crippen LogP contribution is -2.47. The van der Waals surface area contributed by atoms with Crippen LogP contribution in [0.4, 0.5) is 0 Å². The van der Waals surface area contributed by atoms with Gasteiger partial charge >= 0.3 is 0 Å². The van der Waals surface area contributed by atoms with Gasteiger partial charge in [0.25, 0.3) is 11.7 Å². The van der Waals surface area contributed by atoms with Crippen LogP contribution in [0.5, 0.6) is 0 Å². The Kier molecular flexibility index (Phi) is 5.92. The third-order valence-corrected chi connectivity index (χ3v) is 6.72. The van der Waals surface area contributed by atoms with Gasteiger partial charge in [-0.15, -0.1) is 0 Å². The van der Waals surface area contributed by atoms with E-state index in [1.165, 1.54) is 5.56 Å². The normalized spacial score (nSPS) is 22.6. The van der Waals surface area contributed by atoms with Gasteiger partial charge in [-0.25, -0.2) is 0 Å². The fraction of sp³-hybridized carbons (Fsp3) is 0.360. The molecule has 1 aromatic heterocycles. The molecule has 2 fully saturated rings. The Morgan fingerprint density at radius 2 is 1.64 bits per heavy atom. The number of hydrogen-bond acceptors (Lipinski definition) is 6. The summed E-state index contributed by atoms with van der Waals surface area (Å²) in [6.07, 6.45) is 1.49. The van der Waals surface area contributed by atoms with Crippen molar-refractivity contribution in [1.82, 2.24) is 19.9 Å². The van der Waals surface area contributed by atoms with Crippen LogP contribution in [0, 0.1) is 0 Å². The minimum Gasteiger partial charge on any atom is -0.340 e. The van der Waals surface area contributed by atoms with Crippen LogP contribution in [0.2, 0.25) is 0 Å². The molecule has 3 heterocycles. The van der Waals surface area contributed by atoms with E-state index >= 15 is 0 Å². The highest BCUT2D eigenvalue weighted by atomic mass is 16.5. The van der Waals surface area contributed by atoms with Crippen LogP contribution in [0.3, 0.4) is 0 Å². The number of nitrogens with two attached hydrogens (primary N) is 1. The highest BCUT2D eigenvalue weighted by Gasteiger charge is 2.44. The first-order chi connectivity index (χ1) is 16.1. The Labute approximate surface area is 192 Å². The summed E-state index contributed by atoms with van der Waals surface area (Å²) in [6.45, 7) is 1.84. The van der Waals surface area contributed by atoms with Crippen LogP contribution >= 0.6 is 0 Å². The van der Waals surface area contributed by atoms with Crippen molar-refractivity contribution >= 4 is 11.8 Å². The standard InChI is InChI=1S/C25H27N5O3/c26-14-22-27-23(28-33-22)25(32)30-16-20(18-9-5-2-6-10-18)13-21(30)24(31)29-12-11-19(15-29)17-7-3-1-4-8-17/h1-10,19-21H,11-16,26H2. The quantitative estimate of drug-likeness (QED) is 0.647. The summed E-state index contributed by atoms with van der Waals surface area (Å²) < 4.78 is 5.04. The SMILES string of the molecule is NCc1nc(C(=O)N2CC(c3ccccc3)CC2C(=O)N2CCC(c3ccccc3)C2)no1. The maximum Gasteiger partial charge on any atom is 0.295 e. The van der Waals surface area contributed by atoms with Crippen molar-refractivity contribution in [3.05, 3.63) is 83.5 Å². The molecular weight excluding hydrogens is 418 g/mol. The van der Waals surface area contributed by atoms with Gasteiger partial charge < -0.3 is 20.1 Å². The maximum atomic E-state index is 13.7. The molecule has 3 unspecified atom stereocenters. The molecule has 3 atom stereocenters. The second-order valence-electron chi connectivity index (χ2n) is 8.71. The molecule has 2 amide bonds. The fourth-order valence-corrected chi connectivity index (χ4v) is 4.98. The summed E-state index contributed by atoms with van der Waals surface area (Å²) in [4.78, 5) is 34.6. The molecule has 8 nitrogen and oxygen atoms in total. The summed E-state index contributed by atoms with van der Waals surface area (Å²) in [5.74, 6) is 0.125. The molecule has 0 bridgehead atoms. The minimum atomic E-state index is -0.558. The van der Waals surface area contributed by atoms with E-state index in [9.17, 15) is 9.59 Å². The Hall–Kier alpha value is -3.52. The number of carbonyl (C=O) groups excluding carboxylic acids is 2. The molecule has 3 aromatic rings. The van der Waals surface area contributed by atoms with Crippen LogP contribution in [0.15, 0.2) is 65.2 Å². The fourth-order valence-electron chi connectivity index (χ4n) is 4.98. The van der Waals surface area contributed by atoms with Crippen molar-refractivity contribution in [1.29, 1.82) is 0 Å². The summed E-state index contributed by atoms with van der Waals surface area (Å²) >= 11 is 0. The Bertz CT molecular complexity index is 1120. The second kappa shape index (κ2) is 9.15. The van der Waals surface area contributed by atoms with Crippen molar-refractivity contribution in [2.75, 3.05) is 19.6 Å². The van der Waals surface area contributed by atoms with Crippen molar-refractivity contribution < 1.29 is 14.1 Å². The third-order valence-electron chi connectivity index (χ3n) is 6.72. The van der Waals surface area contributed by atoms with Gasteiger partial charge in [-0.3, -0.25) is 9.59 Å². The minimum absolute atomic E-state index is 0.0113. The number of rotatable bonds is 5. The molecular formula is C25H27N5O3. The van der Waals surface area contributed by atoms with Crippen molar-refractivity contribution in [2.24, 2.45) is 5.73 Å². The molecule has 2 saturated heterocycles. The van der Waals surface area contributed by atoms with Gasteiger partial charge in [0.15, 0.2) is 0 Å². The molecule has 0 aliphatic carbocycles. The van der Waals surface area contributed by atoms with Crippen LogP contribution < -0.4 is 5.73 Å². The molecule has 2 N–H and O–H groups in total. The number of likely N-dealkylation sites (tertiary alicyclic amines) is 2. The number of hydrogen-bond donors (Lipinski definition) is 1. The van der Waals surface area contributed by atoms with Crippen molar-refractivity contribution in [2.45, 2.75) is 37.3 Å². The van der Waals surface area contributed by atoms with E-state index in [0.717, 1.165) is 12.0 Å². The second-order valence-corrected chi connectivity index (χ2v) is 8.71. The molecule has 0 radical (unpaired) electrons. The molecule has 33 heavy (non-hydrogen) atoms. The lowest BCUT2D eigenvalue weighted by Gasteiger charge is -2.27. The van der Waals surface area contributed by atoms with Crippen LogP contribution in [0.1, 0.15) is 52.3 Å². The monoisotopic (exact) mass is 445 g/mol. The highest BCUT2D eigenvalue weighted by Crippen LogP contribution is 2.35. The lowest BCUT2D eigenvalue weighted by atomic mass is 9.96. The number of amides is 2. The van der Waals surface area contributed by atoms with Crippen LogP contribution in [-0.4, -0.2) is 57.4 Å². The topological polar surface area (TPSA) is 106 Å². The largest absolute Gasteiger partial charge is 0.340 e. The summed E-state index contributed by atoms with van der Waals surface area (Å²) in [6, 6.07) is 19.7. The average Bonchev–Trinajstić information content (AvgIpc) is 3.64. The van der Waals surface area contributed by atoms with Gasteiger partial charge in [-0.1, -0.05) is 65.8 Å². The summed E-state index contributed by atoms with van der Waals surface area (Å²) in [7, 11) is 0. The van der Waals surface area contributed by atoms with Gasteiger partial charge in [0, 0.05) is 31.5 Å². The van der Waals surface area contributed by atoms with E-state index in [4.69, 9.17) is 10.3 Å². The van der Waals surface area contributed by atoms with E-state index < -0.39 is 11.9 Å². The Morgan fingerprint density at radius 3 is 2.27 bits per heavy atom. The third kappa shape index (κ3) is 4.26. The zero-order valence-electron chi connectivity index (χ0n) is 18.3. The molecule has 0 spiro atoms. The highest BCUT2D eigenvalue weighted by molar-refractivity contribution is 5.95. The van der Waals surface area contributed by atoms with Gasteiger partial charge in [0.05, 0.1) is 6.54 Å². The maximum absolute atomic E-state index is 13.7. The average molecular weight is 446 g/mol. The zero-order chi connectivity index (χ0) is 22.8. The Balaban J connectivity index is 1.37. The Morgan fingerprint density at radius 1 is 0.970 bits per heavy atom. The predicted molar refractivity (Wildman–Crippen MR) is 121 cm³/mol. The summed E-state index contributed by atoms with van der Waals surface area (Å²) in [5.41, 5.74) is 7.91. The van der Waals surface area contributed by atoms with E-state index in [-0.39, 0.29) is 30.1 Å².